The molecule has 0 saturated carbocycles. The van der Waals surface area contributed by atoms with E-state index in [4.69, 9.17) is 4.74 Å². The van der Waals surface area contributed by atoms with Crippen molar-refractivity contribution in [1.82, 2.24) is 0 Å². The molecule has 4 nitrogen and oxygen atoms in total. The fourth-order valence-corrected chi connectivity index (χ4v) is 1.82. The zero-order valence-corrected chi connectivity index (χ0v) is 12.7. The summed E-state index contributed by atoms with van der Waals surface area (Å²) in [6.45, 7) is 7.82. The van der Waals surface area contributed by atoms with Crippen molar-refractivity contribution in [3.8, 4) is 0 Å². The van der Waals surface area contributed by atoms with Crippen LogP contribution in [0.5, 0.6) is 0 Å². The lowest BCUT2D eigenvalue weighted by Gasteiger charge is -2.17. The maximum Gasteiger partial charge on any atom is 0.347 e. The Hall–Kier alpha value is -1.84. The number of aryl methyl sites for hydroxylation is 2. The van der Waals surface area contributed by atoms with Gasteiger partial charge in [-0.25, -0.2) is 9.59 Å². The zero-order chi connectivity index (χ0) is 15.3. The summed E-state index contributed by atoms with van der Waals surface area (Å²) in [4.78, 5) is 23.7. The van der Waals surface area contributed by atoms with Gasteiger partial charge in [-0.15, -0.1) is 0 Å². The van der Waals surface area contributed by atoms with Crippen molar-refractivity contribution >= 4 is 11.9 Å². The molecule has 110 valence electrons. The molecule has 0 N–H and O–H groups in total. The number of methoxy groups -OCH3 is 1. The lowest BCUT2D eigenvalue weighted by atomic mass is 10.1. The molecular weight excluding hydrogens is 256 g/mol. The van der Waals surface area contributed by atoms with Gasteiger partial charge >= 0.3 is 11.9 Å². The average molecular weight is 278 g/mol. The minimum absolute atomic E-state index is 0.228. The van der Waals surface area contributed by atoms with Crippen LogP contribution < -0.4 is 0 Å². The fourth-order valence-electron chi connectivity index (χ4n) is 1.82. The standard InChI is InChI=1S/C16H22O4/c1-10(2)8-14(16(18)19-5)20-15(17)13-7-6-11(3)12(4)9-13/h6-7,9-10,14H,8H2,1-5H3. The summed E-state index contributed by atoms with van der Waals surface area (Å²) in [6.07, 6.45) is -0.405. The van der Waals surface area contributed by atoms with Gasteiger partial charge in [-0.2, -0.15) is 0 Å². The molecule has 1 unspecified atom stereocenters. The lowest BCUT2D eigenvalue weighted by Crippen LogP contribution is -2.30. The highest BCUT2D eigenvalue weighted by Crippen LogP contribution is 2.15. The summed E-state index contributed by atoms with van der Waals surface area (Å²) >= 11 is 0. The van der Waals surface area contributed by atoms with Crippen molar-refractivity contribution < 1.29 is 19.1 Å². The Morgan fingerprint density at radius 2 is 1.80 bits per heavy atom. The third-order valence-electron chi connectivity index (χ3n) is 3.14. The van der Waals surface area contributed by atoms with Crippen LogP contribution in [0.15, 0.2) is 18.2 Å². The fraction of sp³-hybridized carbons (Fsp3) is 0.500. The van der Waals surface area contributed by atoms with Crippen molar-refractivity contribution in [2.45, 2.75) is 40.2 Å². The van der Waals surface area contributed by atoms with Crippen LogP contribution in [0.25, 0.3) is 0 Å². The highest BCUT2D eigenvalue weighted by Gasteiger charge is 2.25. The van der Waals surface area contributed by atoms with E-state index in [1.54, 1.807) is 12.1 Å². The molecule has 1 aromatic rings. The Balaban J connectivity index is 2.84. The molecule has 0 aliphatic heterocycles. The molecule has 0 spiro atoms. The first-order chi connectivity index (χ1) is 9.35. The number of benzene rings is 1. The molecular formula is C16H22O4. The van der Waals surface area contributed by atoms with E-state index in [0.717, 1.165) is 11.1 Å². The summed E-state index contributed by atoms with van der Waals surface area (Å²) in [6, 6.07) is 5.33. The topological polar surface area (TPSA) is 52.6 Å². The third kappa shape index (κ3) is 4.37. The first kappa shape index (κ1) is 16.2. The average Bonchev–Trinajstić information content (AvgIpc) is 2.39. The number of carbonyl (C=O) groups excluding carboxylic acids is 2. The van der Waals surface area contributed by atoms with E-state index in [1.807, 2.05) is 33.8 Å². The second-order valence-corrected chi connectivity index (χ2v) is 5.35. The Morgan fingerprint density at radius 1 is 1.15 bits per heavy atom. The van der Waals surface area contributed by atoms with Crippen molar-refractivity contribution in [3.05, 3.63) is 34.9 Å². The molecule has 0 aliphatic carbocycles. The van der Waals surface area contributed by atoms with Gasteiger partial charge in [0.25, 0.3) is 0 Å². The first-order valence-corrected chi connectivity index (χ1v) is 6.71. The second-order valence-electron chi connectivity index (χ2n) is 5.35. The molecule has 0 bridgehead atoms. The normalized spacial score (nSPS) is 12.1. The number of hydrogen-bond acceptors (Lipinski definition) is 4. The number of carbonyl (C=O) groups is 2. The van der Waals surface area contributed by atoms with E-state index in [-0.39, 0.29) is 5.92 Å². The van der Waals surface area contributed by atoms with Gasteiger partial charge in [0.2, 0.25) is 0 Å². The monoisotopic (exact) mass is 278 g/mol. The van der Waals surface area contributed by atoms with Gasteiger partial charge in [0.1, 0.15) is 0 Å². The SMILES string of the molecule is COC(=O)C(CC(C)C)OC(=O)c1ccc(C)c(C)c1. The van der Waals surface area contributed by atoms with Gasteiger partial charge in [-0.05, 0) is 49.4 Å². The van der Waals surface area contributed by atoms with Crippen LogP contribution >= 0.6 is 0 Å². The van der Waals surface area contributed by atoms with Crippen LogP contribution in [0.1, 0.15) is 41.8 Å². The molecule has 0 saturated heterocycles. The smallest absolute Gasteiger partial charge is 0.347 e. The maximum atomic E-state index is 12.1. The van der Waals surface area contributed by atoms with Crippen molar-refractivity contribution in [2.75, 3.05) is 7.11 Å². The molecule has 0 amide bonds. The largest absolute Gasteiger partial charge is 0.466 e. The van der Waals surface area contributed by atoms with Gasteiger partial charge in [-0.1, -0.05) is 19.9 Å². The minimum Gasteiger partial charge on any atom is -0.466 e. The molecule has 0 aromatic heterocycles. The van der Waals surface area contributed by atoms with E-state index in [9.17, 15) is 9.59 Å². The lowest BCUT2D eigenvalue weighted by molar-refractivity contribution is -0.151. The van der Waals surface area contributed by atoms with Crippen molar-refractivity contribution in [3.63, 3.8) is 0 Å². The molecule has 1 atom stereocenters. The predicted octanol–water partition coefficient (Wildman–Crippen LogP) is 3.05. The van der Waals surface area contributed by atoms with Crippen LogP contribution in [0.2, 0.25) is 0 Å². The number of hydrogen-bond donors (Lipinski definition) is 0. The van der Waals surface area contributed by atoms with E-state index in [1.165, 1.54) is 7.11 Å². The van der Waals surface area contributed by atoms with Crippen molar-refractivity contribution in [2.24, 2.45) is 5.92 Å². The van der Waals surface area contributed by atoms with E-state index in [0.29, 0.717) is 12.0 Å². The third-order valence-corrected chi connectivity index (χ3v) is 3.14. The van der Waals surface area contributed by atoms with Crippen LogP contribution in [0.4, 0.5) is 0 Å². The highest BCUT2D eigenvalue weighted by molar-refractivity contribution is 5.91. The van der Waals surface area contributed by atoms with E-state index < -0.39 is 18.0 Å². The van der Waals surface area contributed by atoms with Gasteiger partial charge in [-0.3, -0.25) is 0 Å². The molecule has 4 heteroatoms. The van der Waals surface area contributed by atoms with Crippen LogP contribution in [-0.2, 0) is 14.3 Å². The molecule has 0 aliphatic rings. The molecule has 0 radical (unpaired) electrons. The summed E-state index contributed by atoms with van der Waals surface area (Å²) in [7, 11) is 1.29. The first-order valence-electron chi connectivity index (χ1n) is 6.71. The summed E-state index contributed by atoms with van der Waals surface area (Å²) in [5, 5.41) is 0. The Morgan fingerprint density at radius 3 is 2.30 bits per heavy atom. The van der Waals surface area contributed by atoms with Gasteiger partial charge in [0.05, 0.1) is 12.7 Å². The Kier molecular flexibility index (Phi) is 5.74. The van der Waals surface area contributed by atoms with Gasteiger partial charge < -0.3 is 9.47 Å². The van der Waals surface area contributed by atoms with Gasteiger partial charge in [0.15, 0.2) is 6.10 Å². The van der Waals surface area contributed by atoms with Crippen molar-refractivity contribution in [1.29, 1.82) is 0 Å². The second kappa shape index (κ2) is 7.08. The molecule has 0 fully saturated rings. The van der Waals surface area contributed by atoms with E-state index in [2.05, 4.69) is 4.74 Å². The van der Waals surface area contributed by atoms with E-state index >= 15 is 0 Å². The Labute approximate surface area is 120 Å². The molecule has 1 aromatic carbocycles. The van der Waals surface area contributed by atoms with Crippen LogP contribution in [-0.4, -0.2) is 25.2 Å². The molecule has 1 rings (SSSR count). The molecule has 20 heavy (non-hydrogen) atoms. The number of esters is 2. The quantitative estimate of drug-likeness (QED) is 0.777. The van der Waals surface area contributed by atoms with Gasteiger partial charge in [0, 0.05) is 0 Å². The predicted molar refractivity (Wildman–Crippen MR) is 76.6 cm³/mol. The Bertz CT molecular complexity index is 491. The number of rotatable bonds is 5. The summed E-state index contributed by atoms with van der Waals surface area (Å²) in [5.74, 6) is -0.785. The highest BCUT2D eigenvalue weighted by atomic mass is 16.6. The van der Waals surface area contributed by atoms with Crippen LogP contribution in [0, 0.1) is 19.8 Å². The molecule has 0 heterocycles. The zero-order valence-electron chi connectivity index (χ0n) is 12.7. The minimum atomic E-state index is -0.853. The maximum absolute atomic E-state index is 12.1. The van der Waals surface area contributed by atoms with Crippen LogP contribution in [0.3, 0.4) is 0 Å². The number of ether oxygens (including phenoxy) is 2. The summed E-state index contributed by atoms with van der Waals surface area (Å²) < 4.78 is 9.96. The summed E-state index contributed by atoms with van der Waals surface area (Å²) in [5.41, 5.74) is 2.57.